The maximum Gasteiger partial charge on any atom is 0.308 e. The van der Waals surface area contributed by atoms with E-state index in [1.54, 1.807) is 53.9 Å². The Morgan fingerprint density at radius 2 is 1.61 bits per heavy atom. The fraction of sp³-hybridized carbons (Fsp3) is 0.217. The number of aliphatic imine (C=N–C) groups is 1. The molecule has 4 heterocycles. The molecule has 308 valence electrons. The lowest BCUT2D eigenvalue weighted by atomic mass is 9.96. The number of hydrogen-bond acceptors (Lipinski definition) is 10. The van der Waals surface area contributed by atoms with Crippen LogP contribution in [0.15, 0.2) is 101 Å². The number of amides is 1. The molecular formula is C46H42N8O5S2. The van der Waals surface area contributed by atoms with Gasteiger partial charge in [0, 0.05) is 33.2 Å². The van der Waals surface area contributed by atoms with Gasteiger partial charge in [-0.3, -0.25) is 23.9 Å². The Bertz CT molecular complexity index is 3030. The van der Waals surface area contributed by atoms with E-state index in [0.717, 1.165) is 54.5 Å². The summed E-state index contributed by atoms with van der Waals surface area (Å²) in [4.78, 5) is 35.4. The molecule has 13 nitrogen and oxygen atoms in total. The number of ether oxygens (including phenoxy) is 1. The van der Waals surface area contributed by atoms with Crippen molar-refractivity contribution in [3.63, 3.8) is 0 Å². The van der Waals surface area contributed by atoms with E-state index in [1.807, 2.05) is 61.7 Å². The second-order valence-corrected chi connectivity index (χ2v) is 17.8. The standard InChI is InChI=1S/C46H42N8O5S2/c1-7-36(31-17-19-35(20-18-31)61(57,58)53-37-21-8-25(2)40-34(23-47)24-48-43(37)40)50-45(56)33-15-11-30(12-16-33)29-9-13-32(14-10-29)42-41-26(3)27(4)60-46(41)54-28(5)51-52-44(54)38(49-42)22-39(55)59-6/h8-21,24,36,38,48,53H,7,22H2,1-6H3,(H,50,56)/t36-,38+/m1/s1. The maximum atomic E-state index is 13.5. The average Bonchev–Trinajstić information content (AvgIpc) is 3.94. The number of nitriles is 1. The lowest BCUT2D eigenvalue weighted by Crippen LogP contribution is -2.28. The molecule has 0 fully saturated rings. The predicted octanol–water partition coefficient (Wildman–Crippen LogP) is 8.72. The Hall–Kier alpha value is -6.89. The number of benzene rings is 4. The van der Waals surface area contributed by atoms with Crippen LogP contribution in [-0.4, -0.2) is 52.9 Å². The topological polar surface area (TPSA) is 184 Å². The van der Waals surface area contributed by atoms with E-state index in [1.165, 1.54) is 19.2 Å². The molecule has 1 aliphatic rings. The van der Waals surface area contributed by atoms with Gasteiger partial charge in [0.1, 0.15) is 22.9 Å². The molecule has 2 atom stereocenters. The van der Waals surface area contributed by atoms with E-state index in [4.69, 9.17) is 9.73 Å². The van der Waals surface area contributed by atoms with Crippen molar-refractivity contribution in [3.05, 3.63) is 147 Å². The quantitative estimate of drug-likeness (QED) is 0.108. The molecule has 1 aliphatic heterocycles. The summed E-state index contributed by atoms with van der Waals surface area (Å²) in [5.41, 5.74) is 9.04. The fourth-order valence-corrected chi connectivity index (χ4v) is 10.0. The first-order valence-corrected chi connectivity index (χ1v) is 21.9. The third-order valence-corrected chi connectivity index (χ3v) is 13.8. The molecule has 0 spiro atoms. The number of anilines is 1. The molecule has 1 amide bonds. The van der Waals surface area contributed by atoms with Crippen molar-refractivity contribution in [2.75, 3.05) is 11.8 Å². The van der Waals surface area contributed by atoms with Crippen LogP contribution >= 0.6 is 11.3 Å². The number of aromatic nitrogens is 4. The van der Waals surface area contributed by atoms with Crippen molar-refractivity contribution in [1.82, 2.24) is 25.1 Å². The number of nitrogens with zero attached hydrogens (tertiary/aromatic N) is 5. The highest BCUT2D eigenvalue weighted by Crippen LogP contribution is 2.40. The van der Waals surface area contributed by atoms with Gasteiger partial charge in [0.25, 0.3) is 15.9 Å². The fourth-order valence-electron chi connectivity index (χ4n) is 7.74. The Labute approximate surface area is 357 Å². The third-order valence-electron chi connectivity index (χ3n) is 11.2. The third kappa shape index (κ3) is 7.60. The zero-order chi connectivity index (χ0) is 43.2. The SMILES string of the molecule is CC[C@@H](NC(=O)c1ccc(-c2ccc(C3=N[C@@H](CC(=O)OC)c4nnc(C)n4-c4sc(C)c(C)c43)cc2)cc1)c1ccc(S(=O)(=O)Nc2ccc(C)c3c(C#N)c[nH]c23)cc1. The second kappa shape index (κ2) is 16.3. The van der Waals surface area contributed by atoms with Crippen LogP contribution in [0.25, 0.3) is 27.0 Å². The number of carbonyl (C=O) groups is 2. The number of fused-ring (bicyclic) bond motifs is 4. The molecule has 3 aromatic heterocycles. The number of aryl methyl sites for hydroxylation is 3. The first-order chi connectivity index (χ1) is 29.3. The number of carbonyl (C=O) groups excluding carboxylic acids is 2. The van der Waals surface area contributed by atoms with Crippen molar-refractivity contribution in [1.29, 1.82) is 5.26 Å². The summed E-state index contributed by atoms with van der Waals surface area (Å²) in [5.74, 6) is 0.669. The van der Waals surface area contributed by atoms with Crippen LogP contribution in [0, 0.1) is 39.0 Å². The molecule has 61 heavy (non-hydrogen) atoms. The molecule has 0 saturated heterocycles. The minimum atomic E-state index is -3.96. The zero-order valence-corrected chi connectivity index (χ0v) is 36.0. The van der Waals surface area contributed by atoms with E-state index < -0.39 is 16.1 Å². The van der Waals surface area contributed by atoms with E-state index >= 15 is 0 Å². The number of thiophene rings is 1. The molecule has 0 unspecified atom stereocenters. The summed E-state index contributed by atoms with van der Waals surface area (Å²) in [7, 11) is -2.60. The maximum absolute atomic E-state index is 13.5. The van der Waals surface area contributed by atoms with Gasteiger partial charge >= 0.3 is 5.97 Å². The number of rotatable bonds is 11. The summed E-state index contributed by atoms with van der Waals surface area (Å²) in [6.45, 7) is 9.88. The summed E-state index contributed by atoms with van der Waals surface area (Å²) in [6, 6.07) is 26.5. The smallest absolute Gasteiger partial charge is 0.308 e. The highest BCUT2D eigenvalue weighted by atomic mass is 32.2. The molecule has 0 aliphatic carbocycles. The number of aromatic amines is 1. The number of methoxy groups -OCH3 is 1. The van der Waals surface area contributed by atoms with Gasteiger partial charge in [0.2, 0.25) is 0 Å². The van der Waals surface area contributed by atoms with Gasteiger partial charge in [-0.25, -0.2) is 8.42 Å². The van der Waals surface area contributed by atoms with Crippen LogP contribution in [0.1, 0.15) is 92.1 Å². The normalized spacial score (nSPS) is 14.0. The first-order valence-electron chi connectivity index (χ1n) is 19.6. The zero-order valence-electron chi connectivity index (χ0n) is 34.3. The van der Waals surface area contributed by atoms with Gasteiger partial charge in [-0.15, -0.1) is 21.5 Å². The average molecular weight is 851 g/mol. The Balaban J connectivity index is 0.973. The Kier molecular flexibility index (Phi) is 10.9. The summed E-state index contributed by atoms with van der Waals surface area (Å²) in [5, 5.41) is 23.0. The van der Waals surface area contributed by atoms with E-state index in [-0.39, 0.29) is 29.2 Å². The largest absolute Gasteiger partial charge is 0.469 e. The molecule has 8 rings (SSSR count). The molecule has 0 saturated carbocycles. The van der Waals surface area contributed by atoms with Crippen molar-refractivity contribution < 1.29 is 22.7 Å². The Morgan fingerprint density at radius 1 is 0.934 bits per heavy atom. The van der Waals surface area contributed by atoms with Crippen molar-refractivity contribution in [3.8, 4) is 22.2 Å². The second-order valence-electron chi connectivity index (χ2n) is 14.9. The monoisotopic (exact) mass is 850 g/mol. The van der Waals surface area contributed by atoms with E-state index in [9.17, 15) is 23.3 Å². The number of nitrogens with one attached hydrogen (secondary N) is 3. The van der Waals surface area contributed by atoms with Gasteiger partial charge in [-0.05, 0) is 92.3 Å². The van der Waals surface area contributed by atoms with Crippen LogP contribution < -0.4 is 10.0 Å². The van der Waals surface area contributed by atoms with Crippen LogP contribution in [0.3, 0.4) is 0 Å². The van der Waals surface area contributed by atoms with E-state index in [2.05, 4.69) is 45.1 Å². The van der Waals surface area contributed by atoms with Crippen molar-refractivity contribution >= 4 is 55.5 Å². The van der Waals surface area contributed by atoms with Crippen molar-refractivity contribution in [2.45, 2.75) is 64.4 Å². The molecule has 4 aromatic carbocycles. The van der Waals surface area contributed by atoms with E-state index in [0.29, 0.717) is 45.8 Å². The Morgan fingerprint density at radius 3 is 2.26 bits per heavy atom. The lowest BCUT2D eigenvalue weighted by Gasteiger charge is -2.18. The number of H-pyrrole nitrogens is 1. The van der Waals surface area contributed by atoms with Crippen molar-refractivity contribution in [2.24, 2.45) is 4.99 Å². The van der Waals surface area contributed by atoms with Crippen LogP contribution in [0.2, 0.25) is 0 Å². The number of hydrogen-bond donors (Lipinski definition) is 3. The summed E-state index contributed by atoms with van der Waals surface area (Å²) in [6.07, 6.45) is 2.17. The highest BCUT2D eigenvalue weighted by molar-refractivity contribution is 7.92. The first kappa shape index (κ1) is 40.9. The molecule has 7 aromatic rings. The van der Waals surface area contributed by atoms with Gasteiger partial charge in [0.05, 0.1) is 46.9 Å². The minimum Gasteiger partial charge on any atom is -0.469 e. The van der Waals surface area contributed by atoms with Gasteiger partial charge < -0.3 is 15.0 Å². The molecule has 15 heteroatoms. The van der Waals surface area contributed by atoms with Gasteiger partial charge in [0.15, 0.2) is 5.82 Å². The minimum absolute atomic E-state index is 0.0239. The van der Waals surface area contributed by atoms with Crippen LogP contribution in [-0.2, 0) is 19.6 Å². The van der Waals surface area contributed by atoms with Gasteiger partial charge in [-0.1, -0.05) is 61.5 Å². The number of esters is 1. The number of sulfonamides is 1. The summed E-state index contributed by atoms with van der Waals surface area (Å²) < 4.78 is 36.5. The lowest BCUT2D eigenvalue weighted by molar-refractivity contribution is -0.141. The molecular weight excluding hydrogens is 809 g/mol. The summed E-state index contributed by atoms with van der Waals surface area (Å²) >= 11 is 1.65. The predicted molar refractivity (Wildman–Crippen MR) is 236 cm³/mol. The van der Waals surface area contributed by atoms with Gasteiger partial charge in [-0.2, -0.15) is 5.26 Å². The van der Waals surface area contributed by atoms with Crippen LogP contribution in [0.5, 0.6) is 0 Å². The highest BCUT2D eigenvalue weighted by Gasteiger charge is 2.33. The van der Waals surface area contributed by atoms with Crippen LogP contribution in [0.4, 0.5) is 5.69 Å². The molecule has 0 radical (unpaired) electrons. The molecule has 3 N–H and O–H groups in total. The molecule has 0 bridgehead atoms.